The number of hydrogen-bond acceptors (Lipinski definition) is 3. The van der Waals surface area contributed by atoms with Crippen molar-refractivity contribution < 1.29 is 4.43 Å². The zero-order valence-electron chi connectivity index (χ0n) is 12.7. The second-order valence-corrected chi connectivity index (χ2v) is 12.5. The first-order valence-corrected chi connectivity index (χ1v) is 11.0. The molecule has 4 heteroatoms. The highest BCUT2D eigenvalue weighted by Gasteiger charge is 2.36. The fourth-order valence-corrected chi connectivity index (χ4v) is 2.80. The molecule has 0 radical (unpaired) electrons. The van der Waals surface area contributed by atoms with E-state index in [1.54, 1.807) is 11.8 Å². The average Bonchev–Trinajstić information content (AvgIpc) is 2.35. The van der Waals surface area contributed by atoms with Gasteiger partial charge >= 0.3 is 0 Å². The van der Waals surface area contributed by atoms with Crippen LogP contribution in [0.3, 0.4) is 0 Å². The highest BCUT2D eigenvalue weighted by molar-refractivity contribution is 8.23. The lowest BCUT2D eigenvalue weighted by Gasteiger charge is -2.36. The van der Waals surface area contributed by atoms with Crippen LogP contribution >= 0.6 is 24.0 Å². The summed E-state index contributed by atoms with van der Waals surface area (Å²) in [5.74, 6) is 0. The van der Waals surface area contributed by atoms with Crippen molar-refractivity contribution in [2.75, 3.05) is 6.26 Å². The largest absolute Gasteiger partial charge is 0.413 e. The topological polar surface area (TPSA) is 9.23 Å². The Bertz CT molecular complexity index is 432. The number of thioether (sulfide) groups is 1. The zero-order chi connectivity index (χ0) is 14.7. The van der Waals surface area contributed by atoms with Crippen LogP contribution in [0, 0.1) is 0 Å². The van der Waals surface area contributed by atoms with Gasteiger partial charge in [-0.15, -0.1) is 11.8 Å². The van der Waals surface area contributed by atoms with Gasteiger partial charge in [-0.3, -0.25) is 0 Å². The highest BCUT2D eigenvalue weighted by Crippen LogP contribution is 2.37. The molecule has 0 aliphatic rings. The Morgan fingerprint density at radius 3 is 2.16 bits per heavy atom. The Kier molecular flexibility index (Phi) is 5.80. The summed E-state index contributed by atoms with van der Waals surface area (Å²) in [4.78, 5) is 0. The summed E-state index contributed by atoms with van der Waals surface area (Å²) >= 11 is 6.89. The van der Waals surface area contributed by atoms with Crippen LogP contribution in [0.4, 0.5) is 0 Å². The molecule has 0 aliphatic heterocycles. The molecule has 0 heterocycles. The quantitative estimate of drug-likeness (QED) is 0.555. The predicted molar refractivity (Wildman–Crippen MR) is 93.6 cm³/mol. The maximum atomic E-state index is 6.21. The third kappa shape index (κ3) is 4.70. The van der Waals surface area contributed by atoms with Crippen molar-refractivity contribution >= 4 is 36.5 Å². The van der Waals surface area contributed by atoms with Crippen LogP contribution in [-0.4, -0.2) is 18.8 Å². The summed E-state index contributed by atoms with van der Waals surface area (Å²) in [6.07, 6.45) is 2.01. The molecule has 1 aromatic rings. The van der Waals surface area contributed by atoms with Gasteiger partial charge in [-0.25, -0.2) is 0 Å². The number of hydrogen-bond donors (Lipinski definition) is 0. The van der Waals surface area contributed by atoms with Gasteiger partial charge in [0.15, 0.2) is 8.32 Å². The van der Waals surface area contributed by atoms with E-state index in [2.05, 4.69) is 58.1 Å². The second kappa shape index (κ2) is 6.53. The van der Waals surface area contributed by atoms with Crippen molar-refractivity contribution in [2.45, 2.75) is 45.5 Å². The normalized spacial score (nSPS) is 12.5. The van der Waals surface area contributed by atoms with Gasteiger partial charge in [-0.1, -0.05) is 57.3 Å². The lowest BCUT2D eigenvalue weighted by Crippen LogP contribution is -2.40. The maximum absolute atomic E-state index is 6.21. The molecule has 0 aromatic heterocycles. The molecule has 0 aliphatic carbocycles. The highest BCUT2D eigenvalue weighted by atomic mass is 32.2. The van der Waals surface area contributed by atoms with Gasteiger partial charge in [0.05, 0.1) is 10.8 Å². The van der Waals surface area contributed by atoms with Gasteiger partial charge in [0.2, 0.25) is 0 Å². The molecule has 0 saturated heterocycles. The minimum absolute atomic E-state index is 0.257. The molecular weight excluding hydrogens is 288 g/mol. The number of rotatable bonds is 4. The Morgan fingerprint density at radius 2 is 1.74 bits per heavy atom. The lowest BCUT2D eigenvalue weighted by atomic mass is 10.2. The molecule has 1 aromatic carbocycles. The van der Waals surface area contributed by atoms with E-state index in [4.69, 9.17) is 16.6 Å². The van der Waals surface area contributed by atoms with Crippen LogP contribution in [0.1, 0.15) is 31.9 Å². The summed E-state index contributed by atoms with van der Waals surface area (Å²) < 4.78 is 7.15. The maximum Gasteiger partial charge on any atom is 0.192 e. The summed E-state index contributed by atoms with van der Waals surface area (Å²) in [6.45, 7) is 12.1. The van der Waals surface area contributed by atoms with Gasteiger partial charge in [0, 0.05) is 0 Å². The molecule has 0 saturated carbocycles. The van der Waals surface area contributed by atoms with E-state index in [0.29, 0.717) is 6.61 Å². The third-order valence-electron chi connectivity index (χ3n) is 3.78. The molecule has 0 N–H and O–H groups in total. The lowest BCUT2D eigenvalue weighted by molar-refractivity contribution is 0.276. The van der Waals surface area contributed by atoms with Crippen LogP contribution in [0.5, 0.6) is 0 Å². The van der Waals surface area contributed by atoms with Crippen molar-refractivity contribution in [3.8, 4) is 0 Å². The van der Waals surface area contributed by atoms with Gasteiger partial charge in [-0.05, 0) is 35.5 Å². The first kappa shape index (κ1) is 16.9. The van der Waals surface area contributed by atoms with Crippen molar-refractivity contribution in [2.24, 2.45) is 0 Å². The van der Waals surface area contributed by atoms with Gasteiger partial charge in [0.1, 0.15) is 0 Å². The molecule has 0 bridgehead atoms. The molecule has 19 heavy (non-hydrogen) atoms. The molecule has 0 spiro atoms. The SMILES string of the molecule is CSC(=S)c1ccc(CO[Si](C)(C)C(C)(C)C)cc1. The van der Waals surface area contributed by atoms with Crippen molar-refractivity contribution in [3.05, 3.63) is 35.4 Å². The molecule has 0 atom stereocenters. The van der Waals surface area contributed by atoms with E-state index in [1.165, 1.54) is 5.56 Å². The molecule has 0 amide bonds. The second-order valence-electron chi connectivity index (χ2n) is 6.24. The Labute approximate surface area is 128 Å². The van der Waals surface area contributed by atoms with Crippen LogP contribution < -0.4 is 0 Å². The molecule has 0 fully saturated rings. The predicted octanol–water partition coefficient (Wildman–Crippen LogP) is 5.25. The van der Waals surface area contributed by atoms with Crippen LogP contribution in [0.25, 0.3) is 0 Å². The van der Waals surface area contributed by atoms with E-state index in [1.807, 2.05) is 6.26 Å². The van der Waals surface area contributed by atoms with Crippen molar-refractivity contribution in [1.29, 1.82) is 0 Å². The number of benzene rings is 1. The van der Waals surface area contributed by atoms with E-state index in [9.17, 15) is 0 Å². The van der Waals surface area contributed by atoms with Gasteiger partial charge < -0.3 is 4.43 Å². The standard InChI is InChI=1S/C15H24OS2Si/c1-15(2,3)19(5,6)16-11-12-7-9-13(10-8-12)14(17)18-4/h7-10H,11H2,1-6H3. The molecule has 106 valence electrons. The van der Waals surface area contributed by atoms with Gasteiger partial charge in [-0.2, -0.15) is 0 Å². The summed E-state index contributed by atoms with van der Waals surface area (Å²) in [7, 11) is -1.66. The van der Waals surface area contributed by atoms with E-state index in [-0.39, 0.29) is 5.04 Å². The third-order valence-corrected chi connectivity index (χ3v) is 9.60. The summed E-state index contributed by atoms with van der Waals surface area (Å²) in [6, 6.07) is 8.41. The Balaban J connectivity index is 2.67. The van der Waals surface area contributed by atoms with Gasteiger partial charge in [0.25, 0.3) is 0 Å². The Hall–Kier alpha value is -0.163. The number of thiocarbonyl (C=S) groups is 1. The fraction of sp³-hybridized carbons (Fsp3) is 0.533. The average molecular weight is 313 g/mol. The van der Waals surface area contributed by atoms with E-state index in [0.717, 1.165) is 9.76 Å². The Morgan fingerprint density at radius 1 is 1.21 bits per heavy atom. The fourth-order valence-electron chi connectivity index (χ4n) is 1.34. The first-order chi connectivity index (χ1) is 8.67. The van der Waals surface area contributed by atoms with Crippen molar-refractivity contribution in [3.63, 3.8) is 0 Å². The molecule has 0 unspecified atom stereocenters. The van der Waals surface area contributed by atoms with Crippen LogP contribution in [0.15, 0.2) is 24.3 Å². The smallest absolute Gasteiger partial charge is 0.192 e. The van der Waals surface area contributed by atoms with E-state index >= 15 is 0 Å². The molecular formula is C15H24OS2Si. The zero-order valence-corrected chi connectivity index (χ0v) is 15.4. The summed E-state index contributed by atoms with van der Waals surface area (Å²) in [5, 5.41) is 0.257. The molecule has 1 rings (SSSR count). The van der Waals surface area contributed by atoms with Crippen molar-refractivity contribution in [1.82, 2.24) is 0 Å². The van der Waals surface area contributed by atoms with Crippen LogP contribution in [0.2, 0.25) is 18.1 Å². The first-order valence-electron chi connectivity index (χ1n) is 6.48. The monoisotopic (exact) mass is 312 g/mol. The minimum atomic E-state index is -1.66. The van der Waals surface area contributed by atoms with Crippen LogP contribution in [-0.2, 0) is 11.0 Å². The summed E-state index contributed by atoms with van der Waals surface area (Å²) in [5.41, 5.74) is 2.34. The van der Waals surface area contributed by atoms with E-state index < -0.39 is 8.32 Å². The minimum Gasteiger partial charge on any atom is -0.413 e. The molecule has 1 nitrogen and oxygen atoms in total.